The normalized spacial score (nSPS) is 10.4. The lowest BCUT2D eigenvalue weighted by Crippen LogP contribution is -2.13. The van der Waals surface area contributed by atoms with Crippen LogP contribution in [0.5, 0.6) is 0 Å². The molecule has 0 radical (unpaired) electrons. The molecule has 2 aromatic heterocycles. The van der Waals surface area contributed by atoms with E-state index in [0.29, 0.717) is 16.6 Å². The number of anilines is 1. The summed E-state index contributed by atoms with van der Waals surface area (Å²) in [5.74, 6) is -1.00. The van der Waals surface area contributed by atoms with Crippen LogP contribution in [0.1, 0.15) is 22.0 Å². The van der Waals surface area contributed by atoms with Gasteiger partial charge in [0.05, 0.1) is 18.5 Å². The molecule has 2 rings (SSSR count). The van der Waals surface area contributed by atoms with Gasteiger partial charge in [0.2, 0.25) is 5.91 Å². The van der Waals surface area contributed by atoms with Crippen molar-refractivity contribution in [2.45, 2.75) is 26.2 Å². The van der Waals surface area contributed by atoms with Gasteiger partial charge in [0, 0.05) is 16.5 Å². The van der Waals surface area contributed by atoms with Gasteiger partial charge in [-0.05, 0) is 13.3 Å². The molecule has 0 fully saturated rings. The first-order valence-electron chi connectivity index (χ1n) is 5.91. The Balaban J connectivity index is 1.94. The number of carbonyl (C=O) groups excluding carboxylic acids is 1. The van der Waals surface area contributed by atoms with Crippen molar-refractivity contribution < 1.29 is 14.7 Å². The topological polar surface area (TPSA) is 92.2 Å². The van der Waals surface area contributed by atoms with Crippen molar-refractivity contribution in [1.82, 2.24) is 9.97 Å². The van der Waals surface area contributed by atoms with Crippen molar-refractivity contribution in [2.24, 2.45) is 0 Å². The van der Waals surface area contributed by atoms with Gasteiger partial charge in [-0.15, -0.1) is 22.7 Å². The van der Waals surface area contributed by atoms with Gasteiger partial charge in [-0.1, -0.05) is 0 Å². The molecule has 8 heteroatoms. The summed E-state index contributed by atoms with van der Waals surface area (Å²) in [5, 5.41) is 14.4. The van der Waals surface area contributed by atoms with Crippen LogP contribution in [-0.4, -0.2) is 27.0 Å². The van der Waals surface area contributed by atoms with Crippen LogP contribution < -0.4 is 5.32 Å². The quantitative estimate of drug-likeness (QED) is 0.852. The van der Waals surface area contributed by atoms with Crippen LogP contribution in [0.3, 0.4) is 0 Å². The maximum atomic E-state index is 11.8. The number of carboxylic acid groups (broad SMARTS) is 1. The fourth-order valence-corrected chi connectivity index (χ4v) is 3.22. The van der Waals surface area contributed by atoms with Crippen LogP contribution in [0.4, 0.5) is 5.13 Å². The molecule has 0 aliphatic rings. The van der Waals surface area contributed by atoms with E-state index in [4.69, 9.17) is 5.11 Å². The zero-order chi connectivity index (χ0) is 14.5. The summed E-state index contributed by atoms with van der Waals surface area (Å²) in [7, 11) is 0. The van der Waals surface area contributed by atoms with Crippen molar-refractivity contribution in [2.75, 3.05) is 5.32 Å². The van der Waals surface area contributed by atoms with Crippen LogP contribution >= 0.6 is 22.7 Å². The maximum Gasteiger partial charge on any atom is 0.303 e. The molecular formula is C12H13N3O3S2. The highest BCUT2D eigenvalue weighted by Gasteiger charge is 2.13. The molecule has 0 unspecified atom stereocenters. The highest BCUT2D eigenvalue weighted by Crippen LogP contribution is 2.21. The van der Waals surface area contributed by atoms with Gasteiger partial charge >= 0.3 is 5.97 Å². The SMILES string of the molecule is Cc1nc(CC(=O)Nc2nccs2)sc1CCC(=O)O. The van der Waals surface area contributed by atoms with E-state index in [2.05, 4.69) is 15.3 Å². The van der Waals surface area contributed by atoms with Crippen LogP contribution in [0.2, 0.25) is 0 Å². The van der Waals surface area contributed by atoms with E-state index in [1.54, 1.807) is 11.6 Å². The zero-order valence-electron chi connectivity index (χ0n) is 10.8. The molecule has 2 heterocycles. The highest BCUT2D eigenvalue weighted by molar-refractivity contribution is 7.13. The van der Waals surface area contributed by atoms with Crippen LogP contribution in [0.25, 0.3) is 0 Å². The number of aryl methyl sites for hydroxylation is 2. The minimum absolute atomic E-state index is 0.0772. The lowest BCUT2D eigenvalue weighted by Gasteiger charge is -1.98. The smallest absolute Gasteiger partial charge is 0.303 e. The van der Waals surface area contributed by atoms with Gasteiger partial charge in [0.1, 0.15) is 5.01 Å². The second-order valence-corrected chi connectivity index (χ2v) is 6.13. The molecule has 0 aliphatic carbocycles. The van der Waals surface area contributed by atoms with E-state index < -0.39 is 5.97 Å². The monoisotopic (exact) mass is 311 g/mol. The van der Waals surface area contributed by atoms with E-state index in [9.17, 15) is 9.59 Å². The molecule has 0 aliphatic heterocycles. The number of nitrogens with one attached hydrogen (secondary N) is 1. The number of aliphatic carboxylic acids is 1. The van der Waals surface area contributed by atoms with Gasteiger partial charge in [-0.25, -0.2) is 9.97 Å². The van der Waals surface area contributed by atoms with Gasteiger partial charge in [-0.2, -0.15) is 0 Å². The third-order valence-electron chi connectivity index (χ3n) is 2.49. The maximum absolute atomic E-state index is 11.8. The number of amides is 1. The van der Waals surface area contributed by atoms with Crippen LogP contribution in [-0.2, 0) is 22.4 Å². The van der Waals surface area contributed by atoms with E-state index in [1.807, 2.05) is 6.92 Å². The number of aromatic nitrogens is 2. The molecule has 2 aromatic rings. The van der Waals surface area contributed by atoms with Crippen molar-refractivity contribution in [1.29, 1.82) is 0 Å². The molecule has 1 amide bonds. The summed E-state index contributed by atoms with van der Waals surface area (Å²) in [6.07, 6.45) is 2.33. The number of hydrogen-bond donors (Lipinski definition) is 2. The second-order valence-electron chi connectivity index (χ2n) is 4.07. The summed E-state index contributed by atoms with van der Waals surface area (Å²) in [6, 6.07) is 0. The van der Waals surface area contributed by atoms with Crippen molar-refractivity contribution in [3.05, 3.63) is 27.2 Å². The summed E-state index contributed by atoms with van der Waals surface area (Å²) in [5.41, 5.74) is 0.799. The standard InChI is InChI=1S/C12H13N3O3S2/c1-7-8(2-3-11(17)18)20-10(14-7)6-9(16)15-12-13-4-5-19-12/h4-5H,2-3,6H2,1H3,(H,17,18)(H,13,15,16). The number of carbonyl (C=O) groups is 2. The van der Waals surface area contributed by atoms with Crippen molar-refractivity contribution >= 4 is 39.7 Å². The first-order chi connectivity index (χ1) is 9.54. The first-order valence-corrected chi connectivity index (χ1v) is 7.60. The number of carboxylic acids is 1. The molecule has 6 nitrogen and oxygen atoms in total. The van der Waals surface area contributed by atoms with Gasteiger partial charge in [0.25, 0.3) is 0 Å². The van der Waals surface area contributed by atoms with Gasteiger partial charge in [0.15, 0.2) is 5.13 Å². The number of thiazole rings is 2. The van der Waals surface area contributed by atoms with E-state index >= 15 is 0 Å². The number of rotatable bonds is 6. The molecular weight excluding hydrogens is 298 g/mol. The lowest BCUT2D eigenvalue weighted by atomic mass is 10.2. The minimum Gasteiger partial charge on any atom is -0.481 e. The Labute approximate surface area is 123 Å². The summed E-state index contributed by atoms with van der Waals surface area (Å²) in [6.45, 7) is 1.83. The minimum atomic E-state index is -0.833. The predicted molar refractivity (Wildman–Crippen MR) is 77.3 cm³/mol. The summed E-state index contributed by atoms with van der Waals surface area (Å²) < 4.78 is 0. The summed E-state index contributed by atoms with van der Waals surface area (Å²) >= 11 is 2.75. The van der Waals surface area contributed by atoms with Crippen LogP contribution in [0.15, 0.2) is 11.6 Å². The highest BCUT2D eigenvalue weighted by atomic mass is 32.1. The average Bonchev–Trinajstić information content (AvgIpc) is 2.97. The molecule has 0 saturated carbocycles. The molecule has 0 spiro atoms. The van der Waals surface area contributed by atoms with E-state index in [0.717, 1.165) is 10.6 Å². The fraction of sp³-hybridized carbons (Fsp3) is 0.333. The predicted octanol–water partition coefficient (Wildman–Crippen LogP) is 2.11. The molecule has 0 aromatic carbocycles. The average molecular weight is 311 g/mol. The lowest BCUT2D eigenvalue weighted by molar-refractivity contribution is -0.136. The Kier molecular flexibility index (Phi) is 4.80. The number of hydrogen-bond acceptors (Lipinski definition) is 6. The number of nitrogens with zero attached hydrogens (tertiary/aromatic N) is 2. The Morgan fingerprint density at radius 1 is 1.45 bits per heavy atom. The molecule has 20 heavy (non-hydrogen) atoms. The second kappa shape index (κ2) is 6.58. The van der Waals surface area contributed by atoms with E-state index in [-0.39, 0.29) is 18.7 Å². The first kappa shape index (κ1) is 14.6. The third-order valence-corrected chi connectivity index (χ3v) is 4.40. The Morgan fingerprint density at radius 2 is 2.25 bits per heavy atom. The zero-order valence-corrected chi connectivity index (χ0v) is 12.4. The third kappa shape index (κ3) is 4.10. The largest absolute Gasteiger partial charge is 0.481 e. The Morgan fingerprint density at radius 3 is 2.90 bits per heavy atom. The van der Waals surface area contributed by atoms with Crippen molar-refractivity contribution in [3.63, 3.8) is 0 Å². The molecule has 0 atom stereocenters. The Hall–Kier alpha value is -1.80. The molecule has 0 bridgehead atoms. The fourth-order valence-electron chi connectivity index (χ4n) is 1.60. The van der Waals surface area contributed by atoms with E-state index in [1.165, 1.54) is 22.7 Å². The van der Waals surface area contributed by atoms with Crippen LogP contribution in [0, 0.1) is 6.92 Å². The molecule has 0 saturated heterocycles. The molecule has 2 N–H and O–H groups in total. The molecule has 106 valence electrons. The Bertz CT molecular complexity index is 608. The summed E-state index contributed by atoms with van der Waals surface area (Å²) in [4.78, 5) is 31.6. The van der Waals surface area contributed by atoms with Gasteiger partial charge in [-0.3, -0.25) is 9.59 Å². The van der Waals surface area contributed by atoms with Crippen molar-refractivity contribution in [3.8, 4) is 0 Å². The van der Waals surface area contributed by atoms with Gasteiger partial charge < -0.3 is 10.4 Å².